The first-order chi connectivity index (χ1) is 11.1. The Morgan fingerprint density at radius 1 is 0.792 bits per heavy atom. The zero-order valence-corrected chi connectivity index (χ0v) is 12.2. The van der Waals surface area contributed by atoms with Crippen LogP contribution in [-0.4, -0.2) is 7.11 Å². The van der Waals surface area contributed by atoms with Gasteiger partial charge in [0.1, 0.15) is 5.75 Å². The number of halogens is 6. The van der Waals surface area contributed by atoms with Gasteiger partial charge in [-0.2, -0.15) is 26.3 Å². The minimum atomic E-state index is -4.94. The molecule has 0 bridgehead atoms. The SMILES string of the molecule is COc1ccc(C#Cc2ccc(C(F)(F)F)cc2C(F)(F)F)cc1. The van der Waals surface area contributed by atoms with Crippen molar-refractivity contribution < 1.29 is 31.1 Å². The Bertz CT molecular complexity index is 776. The fourth-order valence-electron chi connectivity index (χ4n) is 1.88. The van der Waals surface area contributed by atoms with E-state index in [-0.39, 0.29) is 6.07 Å². The van der Waals surface area contributed by atoms with Crippen molar-refractivity contribution in [3.8, 4) is 17.6 Å². The third-order valence-electron chi connectivity index (χ3n) is 3.08. The Morgan fingerprint density at radius 3 is 1.92 bits per heavy atom. The molecule has 7 heteroatoms. The monoisotopic (exact) mass is 344 g/mol. The van der Waals surface area contributed by atoms with Gasteiger partial charge in [0.15, 0.2) is 0 Å². The van der Waals surface area contributed by atoms with Gasteiger partial charge in [0.25, 0.3) is 0 Å². The molecule has 0 spiro atoms. The molecular formula is C17H10F6O. The second kappa shape index (κ2) is 6.48. The molecule has 2 aromatic rings. The Morgan fingerprint density at radius 2 is 1.42 bits per heavy atom. The van der Waals surface area contributed by atoms with Crippen LogP contribution >= 0.6 is 0 Å². The molecule has 0 radical (unpaired) electrons. The first-order valence-corrected chi connectivity index (χ1v) is 6.56. The molecule has 24 heavy (non-hydrogen) atoms. The molecule has 0 aliphatic carbocycles. The molecule has 126 valence electrons. The fourth-order valence-corrected chi connectivity index (χ4v) is 1.88. The van der Waals surface area contributed by atoms with E-state index in [1.807, 2.05) is 0 Å². The molecule has 0 aliphatic rings. The van der Waals surface area contributed by atoms with E-state index in [2.05, 4.69) is 11.8 Å². The maximum absolute atomic E-state index is 13.0. The van der Waals surface area contributed by atoms with E-state index >= 15 is 0 Å². The molecular weight excluding hydrogens is 334 g/mol. The molecule has 0 saturated heterocycles. The van der Waals surface area contributed by atoms with Crippen molar-refractivity contribution in [1.29, 1.82) is 0 Å². The fraction of sp³-hybridized carbons (Fsp3) is 0.176. The smallest absolute Gasteiger partial charge is 0.417 e. The Labute approximate surface area is 133 Å². The minimum absolute atomic E-state index is 0.0675. The van der Waals surface area contributed by atoms with E-state index in [1.54, 1.807) is 12.1 Å². The van der Waals surface area contributed by atoms with Crippen LogP contribution in [0.25, 0.3) is 0 Å². The minimum Gasteiger partial charge on any atom is -0.497 e. The number of hydrogen-bond acceptors (Lipinski definition) is 1. The van der Waals surface area contributed by atoms with E-state index < -0.39 is 29.0 Å². The van der Waals surface area contributed by atoms with Crippen LogP contribution in [0.15, 0.2) is 42.5 Å². The highest BCUT2D eigenvalue weighted by atomic mass is 19.4. The first-order valence-electron chi connectivity index (χ1n) is 6.56. The second-order valence-corrected chi connectivity index (χ2v) is 4.73. The molecule has 0 amide bonds. The average molecular weight is 344 g/mol. The van der Waals surface area contributed by atoms with Crippen molar-refractivity contribution in [2.24, 2.45) is 0 Å². The third kappa shape index (κ3) is 4.22. The van der Waals surface area contributed by atoms with E-state index in [1.165, 1.54) is 19.2 Å². The Kier molecular flexibility index (Phi) is 4.78. The summed E-state index contributed by atoms with van der Waals surface area (Å²) < 4.78 is 81.7. The van der Waals surface area contributed by atoms with Crippen LogP contribution in [0.3, 0.4) is 0 Å². The molecule has 2 aromatic carbocycles. The predicted octanol–water partition coefficient (Wildman–Crippen LogP) is 5.13. The van der Waals surface area contributed by atoms with E-state index in [0.29, 0.717) is 17.4 Å². The topological polar surface area (TPSA) is 9.23 Å². The normalized spacial score (nSPS) is 11.6. The van der Waals surface area contributed by atoms with Gasteiger partial charge in [0.05, 0.1) is 18.2 Å². The highest BCUT2D eigenvalue weighted by Gasteiger charge is 2.37. The van der Waals surface area contributed by atoms with Gasteiger partial charge in [0, 0.05) is 11.1 Å². The summed E-state index contributed by atoms with van der Waals surface area (Å²) in [5, 5.41) is 0. The van der Waals surface area contributed by atoms with Gasteiger partial charge in [-0.15, -0.1) is 0 Å². The Hall–Kier alpha value is -2.62. The van der Waals surface area contributed by atoms with Gasteiger partial charge in [-0.05, 0) is 42.5 Å². The lowest BCUT2D eigenvalue weighted by atomic mass is 10.0. The third-order valence-corrected chi connectivity index (χ3v) is 3.08. The van der Waals surface area contributed by atoms with Crippen molar-refractivity contribution in [3.05, 3.63) is 64.7 Å². The molecule has 0 aromatic heterocycles. The summed E-state index contributed by atoms with van der Waals surface area (Å²) in [5.74, 6) is 5.32. The summed E-state index contributed by atoms with van der Waals surface area (Å²) >= 11 is 0. The summed E-state index contributed by atoms with van der Waals surface area (Å²) in [5.41, 5.74) is -2.90. The molecule has 0 atom stereocenters. The molecule has 0 heterocycles. The lowest BCUT2D eigenvalue weighted by molar-refractivity contribution is -0.143. The van der Waals surface area contributed by atoms with Gasteiger partial charge in [0.2, 0.25) is 0 Å². The van der Waals surface area contributed by atoms with Crippen molar-refractivity contribution in [2.45, 2.75) is 12.4 Å². The van der Waals surface area contributed by atoms with Crippen molar-refractivity contribution >= 4 is 0 Å². The lowest BCUT2D eigenvalue weighted by Gasteiger charge is -2.13. The maximum atomic E-state index is 13.0. The van der Waals surface area contributed by atoms with Crippen LogP contribution < -0.4 is 4.74 Å². The predicted molar refractivity (Wildman–Crippen MR) is 75.4 cm³/mol. The zero-order valence-electron chi connectivity index (χ0n) is 12.2. The van der Waals surface area contributed by atoms with E-state index in [9.17, 15) is 26.3 Å². The number of alkyl halides is 6. The maximum Gasteiger partial charge on any atom is 0.417 e. The van der Waals surface area contributed by atoms with Crippen molar-refractivity contribution in [1.82, 2.24) is 0 Å². The summed E-state index contributed by atoms with van der Waals surface area (Å²) in [7, 11) is 1.46. The molecule has 0 saturated carbocycles. The number of methoxy groups -OCH3 is 1. The van der Waals surface area contributed by atoms with Crippen molar-refractivity contribution in [2.75, 3.05) is 7.11 Å². The van der Waals surface area contributed by atoms with Crippen LogP contribution in [0.5, 0.6) is 5.75 Å². The summed E-state index contributed by atoms with van der Waals surface area (Å²) in [6.45, 7) is 0. The van der Waals surface area contributed by atoms with E-state index in [4.69, 9.17) is 4.74 Å². The quantitative estimate of drug-likeness (QED) is 0.515. The number of hydrogen-bond donors (Lipinski definition) is 0. The van der Waals surface area contributed by atoms with Crippen LogP contribution in [0.1, 0.15) is 22.3 Å². The van der Waals surface area contributed by atoms with Gasteiger partial charge in [-0.25, -0.2) is 0 Å². The summed E-state index contributed by atoms with van der Waals surface area (Å²) in [4.78, 5) is 0. The van der Waals surface area contributed by atoms with Crippen LogP contribution in [0, 0.1) is 11.8 Å². The largest absolute Gasteiger partial charge is 0.497 e. The summed E-state index contributed by atoms with van der Waals surface area (Å²) in [6, 6.07) is 7.57. The van der Waals surface area contributed by atoms with Crippen LogP contribution in [-0.2, 0) is 12.4 Å². The highest BCUT2D eigenvalue weighted by Crippen LogP contribution is 2.37. The summed E-state index contributed by atoms with van der Waals surface area (Å²) in [6.07, 6.45) is -9.80. The second-order valence-electron chi connectivity index (χ2n) is 4.73. The molecule has 1 nitrogen and oxygen atoms in total. The first kappa shape index (κ1) is 17.7. The van der Waals surface area contributed by atoms with Crippen molar-refractivity contribution in [3.63, 3.8) is 0 Å². The molecule has 0 N–H and O–H groups in total. The number of rotatable bonds is 1. The van der Waals surface area contributed by atoms with Crippen LogP contribution in [0.2, 0.25) is 0 Å². The average Bonchev–Trinajstić information content (AvgIpc) is 2.51. The van der Waals surface area contributed by atoms with Gasteiger partial charge in [-0.1, -0.05) is 11.8 Å². The van der Waals surface area contributed by atoms with Gasteiger partial charge < -0.3 is 4.74 Å². The van der Waals surface area contributed by atoms with Gasteiger partial charge in [-0.3, -0.25) is 0 Å². The standard InChI is InChI=1S/C17H10F6O/c1-24-14-8-3-11(4-9-14)2-5-12-6-7-13(16(18,19)20)10-15(12)17(21,22)23/h3-4,6-10H,1H3. The Balaban J connectivity index is 2.45. The van der Waals surface area contributed by atoms with Gasteiger partial charge >= 0.3 is 12.4 Å². The molecule has 0 aliphatic heterocycles. The lowest BCUT2D eigenvalue weighted by Crippen LogP contribution is -2.12. The molecule has 0 unspecified atom stereocenters. The number of ether oxygens (including phenoxy) is 1. The molecule has 2 rings (SSSR count). The zero-order chi connectivity index (χ0) is 18.0. The highest BCUT2D eigenvalue weighted by molar-refractivity contribution is 5.49. The van der Waals surface area contributed by atoms with Crippen LogP contribution in [0.4, 0.5) is 26.3 Å². The van der Waals surface area contributed by atoms with E-state index in [0.717, 1.165) is 6.07 Å². The number of benzene rings is 2. The molecule has 0 fully saturated rings.